The molecule has 1 aliphatic heterocycles. The molecule has 0 unspecified atom stereocenters. The molecule has 0 aliphatic carbocycles. The Balaban J connectivity index is 1.84. The Kier molecular flexibility index (Phi) is 6.26. The number of hydrogen-bond donors (Lipinski definition) is 1. The zero-order valence-electron chi connectivity index (χ0n) is 12.4. The highest BCUT2D eigenvalue weighted by Crippen LogP contribution is 2.30. The van der Waals surface area contributed by atoms with Crippen LogP contribution in [0.5, 0.6) is 0 Å². The van der Waals surface area contributed by atoms with Gasteiger partial charge >= 0.3 is 0 Å². The van der Waals surface area contributed by atoms with E-state index >= 15 is 0 Å². The van der Waals surface area contributed by atoms with E-state index in [4.69, 9.17) is 14.6 Å². The highest BCUT2D eigenvalue weighted by molar-refractivity contribution is 7.89. The van der Waals surface area contributed by atoms with Crippen molar-refractivity contribution in [3.8, 4) is 0 Å². The number of nitrogens with two attached hydrogens (primary N) is 1. The molecule has 116 valence electrons. The molecule has 0 radical (unpaired) electrons. The maximum Gasteiger partial charge on any atom is 0.173 e. The summed E-state index contributed by atoms with van der Waals surface area (Å²) in [7, 11) is 0. The molecule has 0 spiro atoms. The fraction of sp³-hybridized carbons (Fsp3) is 0.500. The molecule has 4 nitrogen and oxygen atoms in total. The van der Waals surface area contributed by atoms with E-state index < -0.39 is 11.4 Å². The summed E-state index contributed by atoms with van der Waals surface area (Å²) in [5, 5.41) is 5.32. The summed E-state index contributed by atoms with van der Waals surface area (Å²) >= 11 is -1.41. The van der Waals surface area contributed by atoms with Gasteiger partial charge in [0.05, 0.1) is 24.6 Å². The van der Waals surface area contributed by atoms with Crippen molar-refractivity contribution in [3.05, 3.63) is 35.9 Å². The Labute approximate surface area is 129 Å². The largest absolute Gasteiger partial charge is 0.593 e. The van der Waals surface area contributed by atoms with Crippen LogP contribution >= 0.6 is 0 Å². The van der Waals surface area contributed by atoms with Gasteiger partial charge in [-0.15, -0.1) is 5.14 Å². The fourth-order valence-corrected chi connectivity index (χ4v) is 2.93. The monoisotopic (exact) mass is 309 g/mol. The topological polar surface area (TPSA) is 67.5 Å². The second-order valence-corrected chi connectivity index (χ2v) is 6.23. The van der Waals surface area contributed by atoms with E-state index in [-0.39, 0.29) is 5.79 Å². The Hall–Kier alpha value is -0.850. The lowest BCUT2D eigenvalue weighted by Gasteiger charge is -2.26. The average Bonchev–Trinajstić information content (AvgIpc) is 2.93. The summed E-state index contributed by atoms with van der Waals surface area (Å²) in [5.74, 6) is -0.376. The van der Waals surface area contributed by atoms with Crippen LogP contribution in [0.25, 0.3) is 6.08 Å². The van der Waals surface area contributed by atoms with Crippen LogP contribution in [0.4, 0.5) is 0 Å². The van der Waals surface area contributed by atoms with Crippen molar-refractivity contribution in [2.45, 2.75) is 43.3 Å². The predicted molar refractivity (Wildman–Crippen MR) is 84.8 cm³/mol. The van der Waals surface area contributed by atoms with Gasteiger partial charge in [0.25, 0.3) is 0 Å². The SMILES string of the molecule is CCCC1(CCC=Cc2ccc([S@@+](N)[O-])cc2)OCCO1. The third kappa shape index (κ3) is 4.83. The van der Waals surface area contributed by atoms with E-state index in [0.717, 1.165) is 31.2 Å². The van der Waals surface area contributed by atoms with Crippen molar-refractivity contribution in [2.24, 2.45) is 5.14 Å². The second-order valence-electron chi connectivity index (χ2n) is 5.17. The minimum atomic E-state index is -1.41. The Morgan fingerprint density at radius 3 is 2.48 bits per heavy atom. The van der Waals surface area contributed by atoms with E-state index in [1.165, 1.54) is 0 Å². The molecule has 0 saturated carbocycles. The minimum absolute atomic E-state index is 0.376. The summed E-state index contributed by atoms with van der Waals surface area (Å²) in [6, 6.07) is 7.41. The fourth-order valence-electron chi connectivity index (χ4n) is 2.53. The summed E-state index contributed by atoms with van der Waals surface area (Å²) < 4.78 is 22.6. The van der Waals surface area contributed by atoms with Gasteiger partial charge in [0.2, 0.25) is 0 Å². The Morgan fingerprint density at radius 1 is 1.24 bits per heavy atom. The average molecular weight is 309 g/mol. The molecule has 0 bridgehead atoms. The molecule has 2 N–H and O–H groups in total. The summed E-state index contributed by atoms with van der Waals surface area (Å²) in [6.07, 6.45) is 7.96. The molecule has 21 heavy (non-hydrogen) atoms. The number of ether oxygens (including phenoxy) is 2. The van der Waals surface area contributed by atoms with Gasteiger partial charge < -0.3 is 14.0 Å². The molecule has 0 aromatic heterocycles. The summed E-state index contributed by atoms with van der Waals surface area (Å²) in [6.45, 7) is 3.54. The maximum absolute atomic E-state index is 11.1. The van der Waals surface area contributed by atoms with Crippen molar-refractivity contribution in [3.63, 3.8) is 0 Å². The second kappa shape index (κ2) is 7.96. The quantitative estimate of drug-likeness (QED) is 0.786. The molecular weight excluding hydrogens is 286 g/mol. The van der Waals surface area contributed by atoms with Crippen LogP contribution in [0.1, 0.15) is 38.2 Å². The molecule has 1 atom stereocenters. The van der Waals surface area contributed by atoms with E-state index in [9.17, 15) is 4.55 Å². The third-order valence-electron chi connectivity index (χ3n) is 3.56. The summed E-state index contributed by atoms with van der Waals surface area (Å²) in [4.78, 5) is 0.641. The minimum Gasteiger partial charge on any atom is -0.593 e. The van der Waals surface area contributed by atoms with Gasteiger partial charge in [-0.25, -0.2) is 0 Å². The van der Waals surface area contributed by atoms with Crippen LogP contribution < -0.4 is 5.14 Å². The number of rotatable bonds is 7. The van der Waals surface area contributed by atoms with Gasteiger partial charge in [0.15, 0.2) is 10.7 Å². The van der Waals surface area contributed by atoms with Gasteiger partial charge in [-0.05, 0) is 36.2 Å². The van der Waals surface area contributed by atoms with Crippen molar-refractivity contribution < 1.29 is 14.0 Å². The van der Waals surface area contributed by atoms with Crippen molar-refractivity contribution >= 4 is 17.4 Å². The Bertz CT molecular complexity index is 453. The smallest absolute Gasteiger partial charge is 0.173 e. The molecule has 1 aromatic rings. The zero-order chi connectivity index (χ0) is 15.1. The first kappa shape index (κ1) is 16.5. The van der Waals surface area contributed by atoms with Crippen LogP contribution in [0, 0.1) is 0 Å². The molecular formula is C16H23NO3S. The number of benzene rings is 1. The Morgan fingerprint density at radius 2 is 1.90 bits per heavy atom. The van der Waals surface area contributed by atoms with Gasteiger partial charge in [-0.2, -0.15) is 0 Å². The lowest BCUT2D eigenvalue weighted by atomic mass is 10.0. The molecule has 1 aliphatic rings. The lowest BCUT2D eigenvalue weighted by molar-refractivity contribution is -0.166. The van der Waals surface area contributed by atoms with Crippen LogP contribution in [-0.4, -0.2) is 23.6 Å². The standard InChI is InChI=1S/C16H23NO3S/c1-2-10-16(19-12-13-20-16)11-4-3-5-14-6-8-15(9-7-14)21(17)18/h3,5-9H,2,4,10-13,17H2,1H3/t21-/m0/s1. The molecule has 5 heteroatoms. The van der Waals surface area contributed by atoms with Gasteiger partial charge in [0, 0.05) is 12.8 Å². The highest BCUT2D eigenvalue weighted by Gasteiger charge is 2.34. The lowest BCUT2D eigenvalue weighted by Crippen LogP contribution is -2.29. The molecule has 1 aromatic carbocycles. The van der Waals surface area contributed by atoms with Crippen LogP contribution in [0.15, 0.2) is 35.2 Å². The van der Waals surface area contributed by atoms with Gasteiger partial charge in [0.1, 0.15) is 0 Å². The van der Waals surface area contributed by atoms with Crippen LogP contribution in [-0.2, 0) is 20.8 Å². The van der Waals surface area contributed by atoms with Crippen molar-refractivity contribution in [2.75, 3.05) is 13.2 Å². The van der Waals surface area contributed by atoms with E-state index in [0.29, 0.717) is 18.1 Å². The molecule has 2 rings (SSSR count). The van der Waals surface area contributed by atoms with Crippen molar-refractivity contribution in [1.29, 1.82) is 0 Å². The molecule has 1 fully saturated rings. The van der Waals surface area contributed by atoms with Crippen LogP contribution in [0.2, 0.25) is 0 Å². The van der Waals surface area contributed by atoms with Gasteiger partial charge in [-0.1, -0.05) is 25.5 Å². The number of allylic oxidation sites excluding steroid dienone is 1. The predicted octanol–water partition coefficient (Wildman–Crippen LogP) is 3.00. The van der Waals surface area contributed by atoms with Crippen LogP contribution in [0.3, 0.4) is 0 Å². The third-order valence-corrected chi connectivity index (χ3v) is 4.30. The normalized spacial score (nSPS) is 19.2. The molecule has 0 amide bonds. The molecule has 1 heterocycles. The van der Waals surface area contributed by atoms with E-state index in [1.54, 1.807) is 12.1 Å². The highest BCUT2D eigenvalue weighted by atomic mass is 32.2. The maximum atomic E-state index is 11.1. The van der Waals surface area contributed by atoms with E-state index in [1.807, 2.05) is 12.1 Å². The molecule has 1 saturated heterocycles. The first-order chi connectivity index (χ1) is 10.2. The first-order valence-corrected chi connectivity index (χ1v) is 8.57. The van der Waals surface area contributed by atoms with E-state index in [2.05, 4.69) is 19.1 Å². The summed E-state index contributed by atoms with van der Waals surface area (Å²) in [5.41, 5.74) is 1.07. The zero-order valence-corrected chi connectivity index (χ0v) is 13.2. The number of hydrogen-bond acceptors (Lipinski definition) is 4. The van der Waals surface area contributed by atoms with Crippen molar-refractivity contribution in [1.82, 2.24) is 0 Å². The van der Waals surface area contributed by atoms with Gasteiger partial charge in [-0.3, -0.25) is 0 Å². The first-order valence-electron chi connectivity index (χ1n) is 7.36.